The highest BCUT2D eigenvalue weighted by Gasteiger charge is 2.16. The van der Waals surface area contributed by atoms with Gasteiger partial charge in [0.25, 0.3) is 0 Å². The van der Waals surface area contributed by atoms with Gasteiger partial charge >= 0.3 is 0 Å². The SMILES string of the molecule is COc1ccc(CC(=O)N[C@@H](C)c2nc3cc(-c4ccc(F)cc4)ncn3n2)cc1. The third kappa shape index (κ3) is 4.27. The minimum Gasteiger partial charge on any atom is -0.497 e. The standard InChI is InChI=1S/C22H20FN5O2/c1-14(25-21(29)11-15-3-9-18(30-2)10-4-15)22-26-20-12-19(24-13-28(20)27-22)16-5-7-17(23)8-6-16/h3-10,12-14H,11H2,1-2H3,(H,25,29)/t14-/m0/s1. The van der Waals surface area contributed by atoms with Gasteiger partial charge < -0.3 is 10.1 Å². The molecule has 8 heteroatoms. The minimum absolute atomic E-state index is 0.128. The van der Waals surface area contributed by atoms with Crippen LogP contribution in [0.25, 0.3) is 16.9 Å². The Morgan fingerprint density at radius 2 is 1.90 bits per heavy atom. The van der Waals surface area contributed by atoms with Gasteiger partial charge in [-0.25, -0.2) is 18.9 Å². The Hall–Kier alpha value is -3.81. The van der Waals surface area contributed by atoms with Crippen LogP contribution in [0.15, 0.2) is 60.9 Å². The van der Waals surface area contributed by atoms with Gasteiger partial charge in [-0.15, -0.1) is 5.10 Å². The van der Waals surface area contributed by atoms with Crippen LogP contribution in [-0.4, -0.2) is 32.6 Å². The molecule has 0 saturated carbocycles. The summed E-state index contributed by atoms with van der Waals surface area (Å²) in [6.07, 6.45) is 1.80. The first-order chi connectivity index (χ1) is 14.5. The van der Waals surface area contributed by atoms with Crippen molar-refractivity contribution in [3.8, 4) is 17.0 Å². The summed E-state index contributed by atoms with van der Waals surface area (Å²) in [4.78, 5) is 21.2. The highest BCUT2D eigenvalue weighted by molar-refractivity contribution is 5.79. The number of methoxy groups -OCH3 is 1. The molecule has 2 heterocycles. The number of fused-ring (bicyclic) bond motifs is 1. The van der Waals surface area contributed by atoms with E-state index in [2.05, 4.69) is 20.4 Å². The average molecular weight is 405 g/mol. The second-order valence-corrected chi connectivity index (χ2v) is 6.87. The molecule has 7 nitrogen and oxygen atoms in total. The van der Waals surface area contributed by atoms with Gasteiger partial charge in [-0.2, -0.15) is 0 Å². The Kier molecular flexibility index (Phi) is 5.38. The molecule has 0 spiro atoms. The van der Waals surface area contributed by atoms with Crippen LogP contribution in [0.2, 0.25) is 0 Å². The number of ether oxygens (including phenoxy) is 1. The highest BCUT2D eigenvalue weighted by Crippen LogP contribution is 2.19. The molecule has 152 valence electrons. The third-order valence-corrected chi connectivity index (χ3v) is 4.67. The van der Waals surface area contributed by atoms with Gasteiger partial charge in [0, 0.05) is 11.6 Å². The van der Waals surface area contributed by atoms with Crippen molar-refractivity contribution >= 4 is 11.6 Å². The molecular formula is C22H20FN5O2. The molecule has 4 aromatic rings. The molecule has 0 saturated heterocycles. The molecule has 0 fully saturated rings. The second-order valence-electron chi connectivity index (χ2n) is 6.87. The summed E-state index contributed by atoms with van der Waals surface area (Å²) in [5, 5.41) is 7.31. The number of halogens is 1. The monoisotopic (exact) mass is 405 g/mol. The van der Waals surface area contributed by atoms with Gasteiger partial charge in [0.05, 0.1) is 25.3 Å². The summed E-state index contributed by atoms with van der Waals surface area (Å²) >= 11 is 0. The summed E-state index contributed by atoms with van der Waals surface area (Å²) < 4.78 is 19.8. The van der Waals surface area contributed by atoms with Crippen molar-refractivity contribution in [1.29, 1.82) is 0 Å². The van der Waals surface area contributed by atoms with Gasteiger partial charge in [-0.3, -0.25) is 4.79 Å². The molecule has 2 aromatic heterocycles. The summed E-state index contributed by atoms with van der Waals surface area (Å²) in [5.41, 5.74) is 2.93. The second kappa shape index (κ2) is 8.28. The molecule has 0 bridgehead atoms. The molecule has 0 radical (unpaired) electrons. The summed E-state index contributed by atoms with van der Waals surface area (Å²) in [6.45, 7) is 1.83. The molecule has 0 aliphatic heterocycles. The van der Waals surface area contributed by atoms with E-state index in [9.17, 15) is 9.18 Å². The number of nitrogens with zero attached hydrogens (tertiary/aromatic N) is 4. The van der Waals surface area contributed by atoms with Gasteiger partial charge in [0.2, 0.25) is 5.91 Å². The molecule has 1 atom stereocenters. The van der Waals surface area contributed by atoms with Gasteiger partial charge in [-0.05, 0) is 48.9 Å². The van der Waals surface area contributed by atoms with Crippen LogP contribution in [0.4, 0.5) is 4.39 Å². The van der Waals surface area contributed by atoms with E-state index in [-0.39, 0.29) is 24.2 Å². The predicted octanol–water partition coefficient (Wildman–Crippen LogP) is 3.36. The van der Waals surface area contributed by atoms with E-state index in [0.717, 1.165) is 16.9 Å². The van der Waals surface area contributed by atoms with E-state index in [1.165, 1.54) is 12.1 Å². The smallest absolute Gasteiger partial charge is 0.224 e. The molecular weight excluding hydrogens is 385 g/mol. The Bertz CT molecular complexity index is 1170. The number of nitrogens with one attached hydrogen (secondary N) is 1. The highest BCUT2D eigenvalue weighted by atomic mass is 19.1. The van der Waals surface area contributed by atoms with Crippen molar-refractivity contribution < 1.29 is 13.9 Å². The molecule has 1 amide bonds. The van der Waals surface area contributed by atoms with E-state index >= 15 is 0 Å². The maximum Gasteiger partial charge on any atom is 0.224 e. The first-order valence-corrected chi connectivity index (χ1v) is 9.42. The van der Waals surface area contributed by atoms with Crippen molar-refractivity contribution in [2.75, 3.05) is 7.11 Å². The maximum atomic E-state index is 13.1. The van der Waals surface area contributed by atoms with Crippen LogP contribution in [0.3, 0.4) is 0 Å². The van der Waals surface area contributed by atoms with Crippen LogP contribution in [0.5, 0.6) is 5.75 Å². The van der Waals surface area contributed by atoms with Crippen LogP contribution < -0.4 is 10.1 Å². The zero-order valence-corrected chi connectivity index (χ0v) is 16.5. The van der Waals surface area contributed by atoms with E-state index in [4.69, 9.17) is 4.74 Å². The number of amides is 1. The number of hydrogen-bond donors (Lipinski definition) is 1. The normalized spacial score (nSPS) is 12.0. The maximum absolute atomic E-state index is 13.1. The van der Waals surface area contributed by atoms with E-state index in [0.29, 0.717) is 17.2 Å². The Morgan fingerprint density at radius 1 is 1.17 bits per heavy atom. The predicted molar refractivity (Wildman–Crippen MR) is 109 cm³/mol. The van der Waals surface area contributed by atoms with Crippen molar-refractivity contribution in [2.24, 2.45) is 0 Å². The molecule has 2 aromatic carbocycles. The molecule has 30 heavy (non-hydrogen) atoms. The molecule has 0 aliphatic rings. The number of hydrogen-bond acceptors (Lipinski definition) is 5. The first-order valence-electron chi connectivity index (χ1n) is 9.42. The van der Waals surface area contributed by atoms with E-state index in [1.54, 1.807) is 36.2 Å². The van der Waals surface area contributed by atoms with E-state index < -0.39 is 0 Å². The molecule has 0 aliphatic carbocycles. The molecule has 1 N–H and O–H groups in total. The average Bonchev–Trinajstić information content (AvgIpc) is 3.18. The third-order valence-electron chi connectivity index (χ3n) is 4.67. The van der Waals surface area contributed by atoms with Gasteiger partial charge in [0.15, 0.2) is 11.5 Å². The summed E-state index contributed by atoms with van der Waals surface area (Å²) in [7, 11) is 1.60. The fourth-order valence-corrected chi connectivity index (χ4v) is 3.06. The number of rotatable bonds is 6. The summed E-state index contributed by atoms with van der Waals surface area (Å²) in [5.74, 6) is 0.798. The van der Waals surface area contributed by atoms with Crippen molar-refractivity contribution in [3.05, 3.63) is 78.1 Å². The van der Waals surface area contributed by atoms with Gasteiger partial charge in [-0.1, -0.05) is 12.1 Å². The van der Waals surface area contributed by atoms with Crippen LogP contribution in [0, 0.1) is 5.82 Å². The summed E-state index contributed by atoms with van der Waals surface area (Å²) in [6, 6.07) is 14.8. The van der Waals surface area contributed by atoms with E-state index in [1.807, 2.05) is 31.2 Å². The topological polar surface area (TPSA) is 81.4 Å². The number of carbonyl (C=O) groups excluding carboxylic acids is 1. The zero-order chi connectivity index (χ0) is 21.1. The van der Waals surface area contributed by atoms with Crippen molar-refractivity contribution in [1.82, 2.24) is 24.9 Å². The largest absolute Gasteiger partial charge is 0.497 e. The quantitative estimate of drug-likeness (QED) is 0.532. The number of benzene rings is 2. The lowest BCUT2D eigenvalue weighted by Gasteiger charge is -2.10. The fourth-order valence-electron chi connectivity index (χ4n) is 3.06. The Morgan fingerprint density at radius 3 is 2.60 bits per heavy atom. The Balaban J connectivity index is 1.46. The van der Waals surface area contributed by atoms with Crippen molar-refractivity contribution in [2.45, 2.75) is 19.4 Å². The number of carbonyl (C=O) groups is 1. The van der Waals surface area contributed by atoms with Crippen LogP contribution in [-0.2, 0) is 11.2 Å². The number of aromatic nitrogens is 4. The van der Waals surface area contributed by atoms with Crippen molar-refractivity contribution in [3.63, 3.8) is 0 Å². The lowest BCUT2D eigenvalue weighted by molar-refractivity contribution is -0.121. The van der Waals surface area contributed by atoms with Crippen LogP contribution >= 0.6 is 0 Å². The lowest BCUT2D eigenvalue weighted by atomic mass is 10.1. The Labute approximate surface area is 172 Å². The fraction of sp³-hybridized carbons (Fsp3) is 0.182. The minimum atomic E-state index is -0.370. The van der Waals surface area contributed by atoms with Gasteiger partial charge in [0.1, 0.15) is 17.9 Å². The zero-order valence-electron chi connectivity index (χ0n) is 16.5. The lowest BCUT2D eigenvalue weighted by Crippen LogP contribution is -2.28. The molecule has 0 unspecified atom stereocenters. The first kappa shape index (κ1) is 19.5. The molecule has 4 rings (SSSR count). The van der Waals surface area contributed by atoms with Crippen LogP contribution in [0.1, 0.15) is 24.4 Å².